The van der Waals surface area contributed by atoms with Gasteiger partial charge in [-0.05, 0) is 71.4 Å². The third-order valence-corrected chi connectivity index (χ3v) is 4.36. The number of aryl methyl sites for hydroxylation is 1. The Morgan fingerprint density at radius 1 is 0.955 bits per heavy atom. The van der Waals surface area contributed by atoms with Crippen molar-refractivity contribution in [3.05, 3.63) is 64.6 Å². The first-order valence-electron chi connectivity index (χ1n) is 6.84. The number of pyridine rings is 2. The van der Waals surface area contributed by atoms with Crippen molar-refractivity contribution in [2.75, 3.05) is 0 Å². The molecule has 4 aromatic rings. The second kappa shape index (κ2) is 4.88. The number of imidazole rings is 1. The second-order valence-electron chi connectivity index (χ2n) is 5.15. The maximum absolute atomic E-state index is 13.1. The first-order valence-corrected chi connectivity index (χ1v) is 7.63. The lowest BCUT2D eigenvalue weighted by molar-refractivity contribution is 0.628. The number of aromatic nitrogens is 3. The van der Waals surface area contributed by atoms with E-state index in [2.05, 4.69) is 25.9 Å². The van der Waals surface area contributed by atoms with Crippen molar-refractivity contribution >= 4 is 32.6 Å². The zero-order valence-electron chi connectivity index (χ0n) is 11.7. The molecule has 0 radical (unpaired) electrons. The average molecular weight is 356 g/mol. The Kier molecular flexibility index (Phi) is 2.97. The Morgan fingerprint density at radius 2 is 1.68 bits per heavy atom. The van der Waals surface area contributed by atoms with Gasteiger partial charge in [0.05, 0.1) is 0 Å². The highest BCUT2D eigenvalue weighted by molar-refractivity contribution is 9.10. The standard InChI is InChI=1S/C17H11BrFN3/c1-10-2-3-12-6-9-14-21-15(11-4-7-13(19)8-5-11)16(18)22(14)17(12)20-10/h2-9H,1H3. The Bertz CT molecular complexity index is 1010. The largest absolute Gasteiger partial charge is 0.270 e. The molecule has 0 saturated carbocycles. The third-order valence-electron chi connectivity index (χ3n) is 3.63. The molecule has 0 unspecified atom stereocenters. The molecule has 0 aliphatic heterocycles. The van der Waals surface area contributed by atoms with Crippen LogP contribution in [0.3, 0.4) is 0 Å². The van der Waals surface area contributed by atoms with Gasteiger partial charge >= 0.3 is 0 Å². The first kappa shape index (κ1) is 13.4. The predicted molar refractivity (Wildman–Crippen MR) is 88.3 cm³/mol. The van der Waals surface area contributed by atoms with Gasteiger partial charge in [0.15, 0.2) is 0 Å². The van der Waals surface area contributed by atoms with E-state index in [1.807, 2.05) is 35.6 Å². The second-order valence-corrected chi connectivity index (χ2v) is 5.90. The highest BCUT2D eigenvalue weighted by Gasteiger charge is 2.14. The summed E-state index contributed by atoms with van der Waals surface area (Å²) in [5.41, 5.74) is 4.24. The molecule has 0 spiro atoms. The Balaban J connectivity index is 2.06. The lowest BCUT2D eigenvalue weighted by Gasteiger charge is -2.03. The summed E-state index contributed by atoms with van der Waals surface area (Å²) in [6.07, 6.45) is 0. The van der Waals surface area contributed by atoms with Gasteiger partial charge in [-0.2, -0.15) is 0 Å². The van der Waals surface area contributed by atoms with Gasteiger partial charge < -0.3 is 0 Å². The lowest BCUT2D eigenvalue weighted by Crippen LogP contribution is -1.93. The van der Waals surface area contributed by atoms with Crippen LogP contribution < -0.4 is 0 Å². The van der Waals surface area contributed by atoms with Crippen LogP contribution >= 0.6 is 15.9 Å². The van der Waals surface area contributed by atoms with Crippen molar-refractivity contribution in [3.63, 3.8) is 0 Å². The van der Waals surface area contributed by atoms with E-state index >= 15 is 0 Å². The fourth-order valence-corrected chi connectivity index (χ4v) is 3.22. The van der Waals surface area contributed by atoms with Crippen LogP contribution in [-0.2, 0) is 0 Å². The van der Waals surface area contributed by atoms with Crippen molar-refractivity contribution in [2.24, 2.45) is 0 Å². The molecule has 4 rings (SSSR count). The monoisotopic (exact) mass is 355 g/mol. The number of hydrogen-bond acceptors (Lipinski definition) is 2. The van der Waals surface area contributed by atoms with E-state index in [1.54, 1.807) is 12.1 Å². The predicted octanol–water partition coefficient (Wildman–Crippen LogP) is 4.76. The van der Waals surface area contributed by atoms with Crippen LogP contribution in [0.4, 0.5) is 4.39 Å². The number of hydrogen-bond donors (Lipinski definition) is 0. The highest BCUT2D eigenvalue weighted by atomic mass is 79.9. The van der Waals surface area contributed by atoms with E-state index in [9.17, 15) is 4.39 Å². The van der Waals surface area contributed by atoms with Gasteiger partial charge in [0.1, 0.15) is 27.4 Å². The number of fused-ring (bicyclic) bond motifs is 3. The minimum absolute atomic E-state index is 0.258. The molecule has 0 aliphatic carbocycles. The lowest BCUT2D eigenvalue weighted by atomic mass is 10.2. The van der Waals surface area contributed by atoms with Crippen LogP contribution in [0.25, 0.3) is 27.9 Å². The molecule has 1 aromatic carbocycles. The SMILES string of the molecule is Cc1ccc2ccc3nc(-c4ccc(F)cc4)c(Br)n3c2n1. The number of benzene rings is 1. The Labute approximate surface area is 134 Å². The summed E-state index contributed by atoms with van der Waals surface area (Å²) in [5, 5.41) is 1.04. The molecule has 108 valence electrons. The van der Waals surface area contributed by atoms with Gasteiger partial charge in [-0.1, -0.05) is 0 Å². The van der Waals surface area contributed by atoms with Crippen molar-refractivity contribution in [1.29, 1.82) is 0 Å². The van der Waals surface area contributed by atoms with Crippen LogP contribution in [0.1, 0.15) is 5.69 Å². The molecule has 0 aliphatic rings. The smallest absolute Gasteiger partial charge is 0.146 e. The van der Waals surface area contributed by atoms with Crippen LogP contribution in [0.5, 0.6) is 0 Å². The van der Waals surface area contributed by atoms with Crippen molar-refractivity contribution < 1.29 is 4.39 Å². The summed E-state index contributed by atoms with van der Waals surface area (Å²) in [4.78, 5) is 9.26. The minimum Gasteiger partial charge on any atom is -0.270 e. The molecular weight excluding hydrogens is 345 g/mol. The molecule has 22 heavy (non-hydrogen) atoms. The van der Waals surface area contributed by atoms with E-state index < -0.39 is 0 Å². The summed E-state index contributed by atoms with van der Waals surface area (Å²) in [6.45, 7) is 1.96. The molecule has 3 heterocycles. The zero-order valence-corrected chi connectivity index (χ0v) is 13.3. The normalized spacial score (nSPS) is 11.4. The fraction of sp³-hybridized carbons (Fsp3) is 0.0588. The first-order chi connectivity index (χ1) is 10.6. The topological polar surface area (TPSA) is 30.2 Å². The van der Waals surface area contributed by atoms with Crippen LogP contribution in [0.15, 0.2) is 53.1 Å². The van der Waals surface area contributed by atoms with Crippen molar-refractivity contribution in [1.82, 2.24) is 14.4 Å². The molecule has 3 nitrogen and oxygen atoms in total. The maximum atomic E-state index is 13.1. The number of halogens is 2. The van der Waals surface area contributed by atoms with E-state index in [-0.39, 0.29) is 5.82 Å². The minimum atomic E-state index is -0.258. The summed E-state index contributed by atoms with van der Waals surface area (Å²) < 4.78 is 15.9. The molecule has 5 heteroatoms. The molecule has 0 saturated heterocycles. The zero-order chi connectivity index (χ0) is 15.3. The summed E-state index contributed by atoms with van der Waals surface area (Å²) >= 11 is 3.62. The van der Waals surface area contributed by atoms with Gasteiger partial charge in [0.2, 0.25) is 0 Å². The van der Waals surface area contributed by atoms with Crippen molar-refractivity contribution in [2.45, 2.75) is 6.92 Å². The molecule has 3 aromatic heterocycles. The van der Waals surface area contributed by atoms with E-state index in [4.69, 9.17) is 0 Å². The van der Waals surface area contributed by atoms with E-state index in [0.29, 0.717) is 0 Å². The van der Waals surface area contributed by atoms with Crippen LogP contribution in [0, 0.1) is 12.7 Å². The molecule has 0 atom stereocenters. The molecule has 0 amide bonds. The van der Waals surface area contributed by atoms with Gasteiger partial charge in [-0.25, -0.2) is 14.4 Å². The maximum Gasteiger partial charge on any atom is 0.146 e. The Morgan fingerprint density at radius 3 is 2.45 bits per heavy atom. The quantitative estimate of drug-likeness (QED) is 0.492. The molecule has 0 N–H and O–H groups in total. The van der Waals surface area contributed by atoms with E-state index in [1.165, 1.54) is 12.1 Å². The fourth-order valence-electron chi connectivity index (χ4n) is 2.55. The van der Waals surface area contributed by atoms with Gasteiger partial charge in [0.25, 0.3) is 0 Å². The average Bonchev–Trinajstić information content (AvgIpc) is 2.85. The Hall–Kier alpha value is -2.27. The number of rotatable bonds is 1. The third kappa shape index (κ3) is 2.01. The molecular formula is C17H11BrFN3. The number of nitrogens with zero attached hydrogens (tertiary/aromatic N) is 3. The van der Waals surface area contributed by atoms with E-state index in [0.717, 1.165) is 38.2 Å². The summed E-state index contributed by atoms with van der Waals surface area (Å²) in [7, 11) is 0. The van der Waals surface area contributed by atoms with Crippen LogP contribution in [0.2, 0.25) is 0 Å². The molecule has 0 bridgehead atoms. The van der Waals surface area contributed by atoms with Gasteiger partial charge in [-0.15, -0.1) is 0 Å². The summed E-state index contributed by atoms with van der Waals surface area (Å²) in [5.74, 6) is -0.258. The van der Waals surface area contributed by atoms with Gasteiger partial charge in [0, 0.05) is 16.6 Å². The highest BCUT2D eigenvalue weighted by Crippen LogP contribution is 2.31. The van der Waals surface area contributed by atoms with Crippen LogP contribution in [-0.4, -0.2) is 14.4 Å². The van der Waals surface area contributed by atoms with Gasteiger partial charge in [-0.3, -0.25) is 4.40 Å². The summed E-state index contributed by atoms with van der Waals surface area (Å²) in [6, 6.07) is 14.3. The molecule has 0 fully saturated rings. The van der Waals surface area contributed by atoms with Crippen molar-refractivity contribution in [3.8, 4) is 11.3 Å².